The van der Waals surface area contributed by atoms with Gasteiger partial charge in [-0.3, -0.25) is 0 Å². The molecule has 2 aromatic carbocycles. The second-order valence-corrected chi connectivity index (χ2v) is 9.81. The summed E-state index contributed by atoms with van der Waals surface area (Å²) in [6, 6.07) is 14.6. The Bertz CT molecular complexity index is 822. The van der Waals surface area contributed by atoms with Crippen molar-refractivity contribution in [3.8, 4) is 11.5 Å². The van der Waals surface area contributed by atoms with Crippen LogP contribution in [0.4, 0.5) is 9.59 Å². The lowest BCUT2D eigenvalue weighted by Crippen LogP contribution is -2.26. The van der Waals surface area contributed by atoms with Gasteiger partial charge < -0.3 is 18.9 Å². The number of carbonyl (C=O) groups excluding carboxylic acids is 2. The molecule has 0 aliphatic heterocycles. The second kappa shape index (κ2) is 9.00. The van der Waals surface area contributed by atoms with Crippen LogP contribution in [0.15, 0.2) is 48.5 Å². The van der Waals surface area contributed by atoms with E-state index in [1.165, 1.54) is 0 Å². The van der Waals surface area contributed by atoms with E-state index in [2.05, 4.69) is 13.8 Å². The van der Waals surface area contributed by atoms with Crippen molar-refractivity contribution in [1.29, 1.82) is 0 Å². The van der Waals surface area contributed by atoms with Gasteiger partial charge in [-0.1, -0.05) is 38.1 Å². The summed E-state index contributed by atoms with van der Waals surface area (Å²) >= 11 is 0. The highest BCUT2D eigenvalue weighted by atomic mass is 16.7. The summed E-state index contributed by atoms with van der Waals surface area (Å²) < 4.78 is 20.8. The van der Waals surface area contributed by atoms with E-state index >= 15 is 0 Å². The van der Waals surface area contributed by atoms with Crippen LogP contribution in [-0.4, -0.2) is 23.5 Å². The Morgan fingerprint density at radius 1 is 0.548 bits per heavy atom. The van der Waals surface area contributed by atoms with Gasteiger partial charge in [0.2, 0.25) is 0 Å². The van der Waals surface area contributed by atoms with Crippen LogP contribution in [0.2, 0.25) is 0 Å². The topological polar surface area (TPSA) is 71.1 Å². The lowest BCUT2D eigenvalue weighted by molar-refractivity contribution is 0.0193. The average molecular weight is 429 g/mol. The maximum absolute atomic E-state index is 11.8. The molecule has 0 N–H and O–H groups in total. The normalized spacial score (nSPS) is 12.1. The molecule has 0 heterocycles. The lowest BCUT2D eigenvalue weighted by atomic mass is 9.78. The Kier molecular flexibility index (Phi) is 7.04. The average Bonchev–Trinajstić information content (AvgIpc) is 2.59. The monoisotopic (exact) mass is 428 g/mol. The molecule has 31 heavy (non-hydrogen) atoms. The van der Waals surface area contributed by atoms with Crippen molar-refractivity contribution in [2.75, 3.05) is 0 Å². The van der Waals surface area contributed by atoms with Gasteiger partial charge in [0.1, 0.15) is 22.7 Å². The molecule has 6 heteroatoms. The zero-order valence-corrected chi connectivity index (χ0v) is 19.6. The van der Waals surface area contributed by atoms with Gasteiger partial charge in [-0.2, -0.15) is 0 Å². The van der Waals surface area contributed by atoms with Crippen molar-refractivity contribution in [2.45, 2.75) is 72.0 Å². The zero-order valence-electron chi connectivity index (χ0n) is 19.6. The predicted octanol–water partition coefficient (Wildman–Crippen LogP) is 6.64. The van der Waals surface area contributed by atoms with Crippen LogP contribution < -0.4 is 9.47 Å². The largest absolute Gasteiger partial charge is 0.514 e. The third-order valence-corrected chi connectivity index (χ3v) is 4.33. The molecule has 0 saturated heterocycles. The Hall–Kier alpha value is -3.02. The molecule has 0 fully saturated rings. The molecule has 0 radical (unpaired) electrons. The summed E-state index contributed by atoms with van der Waals surface area (Å²) in [5, 5.41) is 0. The molecule has 2 aromatic rings. The van der Waals surface area contributed by atoms with Gasteiger partial charge in [0, 0.05) is 5.41 Å². The van der Waals surface area contributed by atoms with Crippen molar-refractivity contribution in [3.05, 3.63) is 59.7 Å². The van der Waals surface area contributed by atoms with Gasteiger partial charge in [0.25, 0.3) is 0 Å². The molecular formula is C25H32O6. The summed E-state index contributed by atoms with van der Waals surface area (Å²) in [5.41, 5.74) is 0.515. The summed E-state index contributed by atoms with van der Waals surface area (Å²) in [5.74, 6) is 0.824. The highest BCUT2D eigenvalue weighted by Gasteiger charge is 2.24. The Labute approximate surface area is 184 Å². The molecule has 0 aliphatic carbocycles. The third kappa shape index (κ3) is 7.63. The fraction of sp³-hybridized carbons (Fsp3) is 0.440. The lowest BCUT2D eigenvalue weighted by Gasteiger charge is -2.26. The molecule has 0 unspecified atom stereocenters. The van der Waals surface area contributed by atoms with Crippen LogP contribution in [0.1, 0.15) is 66.5 Å². The van der Waals surface area contributed by atoms with E-state index in [1.807, 2.05) is 24.3 Å². The summed E-state index contributed by atoms with van der Waals surface area (Å²) in [6.07, 6.45) is -1.47. The second-order valence-electron chi connectivity index (χ2n) is 9.81. The number of rotatable bonds is 4. The van der Waals surface area contributed by atoms with Crippen LogP contribution in [0.3, 0.4) is 0 Å². The van der Waals surface area contributed by atoms with Gasteiger partial charge in [-0.25, -0.2) is 9.59 Å². The van der Waals surface area contributed by atoms with Gasteiger partial charge in [-0.15, -0.1) is 0 Å². The zero-order chi connectivity index (χ0) is 23.4. The molecule has 0 aliphatic rings. The SMILES string of the molecule is CC(C)(C)OC(=O)Oc1ccc(C(C)(C)c2ccc(OC(=O)OC(C)(C)C)cc2)cc1. The molecule has 0 atom stereocenters. The molecule has 168 valence electrons. The first-order chi connectivity index (χ1) is 14.2. The Morgan fingerprint density at radius 3 is 1.10 bits per heavy atom. The minimum absolute atomic E-state index is 0.325. The highest BCUT2D eigenvalue weighted by molar-refractivity contribution is 5.65. The van der Waals surface area contributed by atoms with E-state index in [4.69, 9.17) is 18.9 Å². The predicted molar refractivity (Wildman–Crippen MR) is 119 cm³/mol. The molecule has 0 saturated carbocycles. The Morgan fingerprint density at radius 2 is 0.839 bits per heavy atom. The van der Waals surface area contributed by atoms with Crippen molar-refractivity contribution < 1.29 is 28.5 Å². The maximum atomic E-state index is 11.8. The Balaban J connectivity index is 2.07. The maximum Gasteiger partial charge on any atom is 0.514 e. The summed E-state index contributed by atoms with van der Waals surface area (Å²) in [4.78, 5) is 23.7. The highest BCUT2D eigenvalue weighted by Crippen LogP contribution is 2.33. The summed E-state index contributed by atoms with van der Waals surface area (Å²) in [6.45, 7) is 14.9. The van der Waals surface area contributed by atoms with Crippen LogP contribution in [0, 0.1) is 0 Å². The van der Waals surface area contributed by atoms with Gasteiger partial charge in [0.15, 0.2) is 0 Å². The van der Waals surface area contributed by atoms with Crippen molar-refractivity contribution in [2.24, 2.45) is 0 Å². The minimum atomic E-state index is -0.736. The van der Waals surface area contributed by atoms with Crippen molar-refractivity contribution in [3.63, 3.8) is 0 Å². The van der Waals surface area contributed by atoms with E-state index in [0.29, 0.717) is 11.5 Å². The van der Waals surface area contributed by atoms with Gasteiger partial charge >= 0.3 is 12.3 Å². The first kappa shape index (κ1) is 24.3. The smallest absolute Gasteiger partial charge is 0.428 e. The molecule has 0 amide bonds. The number of hydrogen-bond donors (Lipinski definition) is 0. The molecule has 0 spiro atoms. The quantitative estimate of drug-likeness (QED) is 0.401. The van der Waals surface area contributed by atoms with Crippen LogP contribution in [0.25, 0.3) is 0 Å². The number of hydrogen-bond acceptors (Lipinski definition) is 6. The number of carbonyl (C=O) groups is 2. The fourth-order valence-corrected chi connectivity index (χ4v) is 2.78. The first-order valence-corrected chi connectivity index (χ1v) is 10.2. The van der Waals surface area contributed by atoms with Crippen molar-refractivity contribution in [1.82, 2.24) is 0 Å². The summed E-state index contributed by atoms with van der Waals surface area (Å²) in [7, 11) is 0. The first-order valence-electron chi connectivity index (χ1n) is 10.2. The van der Waals surface area contributed by atoms with Gasteiger partial charge in [-0.05, 0) is 76.9 Å². The molecular weight excluding hydrogens is 396 g/mol. The van der Waals surface area contributed by atoms with Gasteiger partial charge in [0.05, 0.1) is 0 Å². The van der Waals surface area contributed by atoms with E-state index in [-0.39, 0.29) is 5.41 Å². The number of benzene rings is 2. The third-order valence-electron chi connectivity index (χ3n) is 4.33. The molecule has 6 nitrogen and oxygen atoms in total. The fourth-order valence-electron chi connectivity index (χ4n) is 2.78. The molecule has 0 aromatic heterocycles. The standard InChI is InChI=1S/C25H32O6/c1-23(2,3)30-21(26)28-19-13-9-17(10-14-19)25(7,8)18-11-15-20(16-12-18)29-22(27)31-24(4,5)6/h9-16H,1-8H3. The van der Waals surface area contributed by atoms with Crippen LogP contribution in [0.5, 0.6) is 11.5 Å². The molecule has 2 rings (SSSR count). The van der Waals surface area contributed by atoms with E-state index < -0.39 is 23.5 Å². The van der Waals surface area contributed by atoms with E-state index in [9.17, 15) is 9.59 Å². The van der Waals surface area contributed by atoms with E-state index in [0.717, 1.165) is 11.1 Å². The van der Waals surface area contributed by atoms with Crippen LogP contribution >= 0.6 is 0 Å². The minimum Gasteiger partial charge on any atom is -0.428 e. The van der Waals surface area contributed by atoms with Crippen molar-refractivity contribution >= 4 is 12.3 Å². The number of ether oxygens (including phenoxy) is 4. The van der Waals surface area contributed by atoms with Crippen LogP contribution in [-0.2, 0) is 14.9 Å². The molecule has 0 bridgehead atoms. The van der Waals surface area contributed by atoms with E-state index in [1.54, 1.807) is 65.8 Å².